The molecular formula is C13H12ClNO3. The normalized spacial score (nSPS) is 15.8. The summed E-state index contributed by atoms with van der Waals surface area (Å²) >= 11 is 5.82. The van der Waals surface area contributed by atoms with Gasteiger partial charge >= 0.3 is 5.97 Å². The summed E-state index contributed by atoms with van der Waals surface area (Å²) in [6.07, 6.45) is 2.34. The average molecular weight is 266 g/mol. The number of carboxylic acid groups (broad SMARTS) is 1. The predicted molar refractivity (Wildman–Crippen MR) is 65.8 cm³/mol. The van der Waals surface area contributed by atoms with E-state index in [1.54, 1.807) is 0 Å². The smallest absolute Gasteiger partial charge is 0.339 e. The molecule has 4 nitrogen and oxygen atoms in total. The van der Waals surface area contributed by atoms with Crippen LogP contribution in [0.25, 0.3) is 0 Å². The van der Waals surface area contributed by atoms with Crippen LogP contribution in [0.3, 0.4) is 0 Å². The summed E-state index contributed by atoms with van der Waals surface area (Å²) in [5.74, 6) is -0.786. The summed E-state index contributed by atoms with van der Waals surface area (Å²) in [7, 11) is 0. The van der Waals surface area contributed by atoms with Gasteiger partial charge in [-0.15, -0.1) is 0 Å². The van der Waals surface area contributed by atoms with E-state index >= 15 is 0 Å². The Balaban J connectivity index is 2.11. The molecule has 94 valence electrons. The number of ether oxygens (including phenoxy) is 1. The van der Waals surface area contributed by atoms with Crippen molar-refractivity contribution in [1.82, 2.24) is 0 Å². The molecule has 1 fully saturated rings. The lowest BCUT2D eigenvalue weighted by atomic mass is 10.1. The molecule has 0 atom stereocenters. The summed E-state index contributed by atoms with van der Waals surface area (Å²) in [6, 6.07) is 6.56. The Morgan fingerprint density at radius 2 is 2.28 bits per heavy atom. The van der Waals surface area contributed by atoms with Gasteiger partial charge in [-0.05, 0) is 31.0 Å². The fourth-order valence-corrected chi connectivity index (χ4v) is 1.90. The Hall–Kier alpha value is -1.73. The number of halogens is 1. The second-order valence-corrected chi connectivity index (χ2v) is 5.01. The number of nitrogens with zero attached hydrogens (tertiary/aromatic N) is 1. The van der Waals surface area contributed by atoms with Crippen LogP contribution < -0.4 is 4.74 Å². The molecule has 0 radical (unpaired) electrons. The Morgan fingerprint density at radius 3 is 2.83 bits per heavy atom. The van der Waals surface area contributed by atoms with Gasteiger partial charge < -0.3 is 9.84 Å². The Bertz CT molecular complexity index is 517. The first-order valence-electron chi connectivity index (χ1n) is 5.59. The lowest BCUT2D eigenvalue weighted by Gasteiger charge is -2.14. The molecule has 0 aliphatic heterocycles. The van der Waals surface area contributed by atoms with Gasteiger partial charge in [-0.3, -0.25) is 0 Å². The first-order valence-corrected chi connectivity index (χ1v) is 5.97. The zero-order valence-electron chi connectivity index (χ0n) is 9.65. The predicted octanol–water partition coefficient (Wildman–Crippen LogP) is 3.11. The number of nitriles is 1. The van der Waals surface area contributed by atoms with E-state index in [0.717, 1.165) is 12.8 Å². The highest BCUT2D eigenvalue weighted by atomic mass is 35.5. The van der Waals surface area contributed by atoms with E-state index < -0.39 is 5.97 Å². The van der Waals surface area contributed by atoms with Crippen LogP contribution in [0.15, 0.2) is 18.2 Å². The van der Waals surface area contributed by atoms with Gasteiger partial charge in [0.25, 0.3) is 0 Å². The average Bonchev–Trinajstić information content (AvgIpc) is 3.07. The molecule has 1 saturated carbocycles. The number of carboxylic acids is 1. The minimum absolute atomic E-state index is 0.0900. The van der Waals surface area contributed by atoms with Crippen molar-refractivity contribution < 1.29 is 14.6 Å². The van der Waals surface area contributed by atoms with E-state index in [-0.39, 0.29) is 16.7 Å². The van der Waals surface area contributed by atoms with Crippen molar-refractivity contribution in [3.8, 4) is 11.8 Å². The standard InChI is InChI=1S/C13H12ClNO3/c14-9-1-2-10(12(16)17)11(7-9)18-8-13(3-4-13)5-6-15/h1-2,7H,3-5,8H2,(H,16,17). The molecule has 1 aliphatic rings. The van der Waals surface area contributed by atoms with Crippen LogP contribution in [0.5, 0.6) is 5.75 Å². The molecule has 2 rings (SSSR count). The summed E-state index contributed by atoms with van der Waals surface area (Å²) < 4.78 is 5.54. The van der Waals surface area contributed by atoms with Gasteiger partial charge in [-0.1, -0.05) is 11.6 Å². The first kappa shape index (κ1) is 12.7. The molecule has 18 heavy (non-hydrogen) atoms. The van der Waals surface area contributed by atoms with Crippen molar-refractivity contribution in [2.75, 3.05) is 6.61 Å². The minimum atomic E-state index is -1.05. The molecule has 1 N–H and O–H groups in total. The van der Waals surface area contributed by atoms with Gasteiger partial charge in [0.05, 0.1) is 12.7 Å². The molecular weight excluding hydrogens is 254 g/mol. The van der Waals surface area contributed by atoms with Gasteiger partial charge in [-0.2, -0.15) is 5.26 Å². The third kappa shape index (κ3) is 2.74. The van der Waals surface area contributed by atoms with E-state index in [4.69, 9.17) is 26.7 Å². The molecule has 5 heteroatoms. The van der Waals surface area contributed by atoms with Gasteiger partial charge in [0.2, 0.25) is 0 Å². The molecule has 1 aliphatic carbocycles. The van der Waals surface area contributed by atoms with Crippen molar-refractivity contribution in [2.45, 2.75) is 19.3 Å². The van der Waals surface area contributed by atoms with Crippen LogP contribution in [0.2, 0.25) is 5.02 Å². The topological polar surface area (TPSA) is 70.3 Å². The van der Waals surface area contributed by atoms with Gasteiger partial charge in [0.1, 0.15) is 11.3 Å². The second-order valence-electron chi connectivity index (χ2n) is 4.57. The highest BCUT2D eigenvalue weighted by molar-refractivity contribution is 6.30. The maximum Gasteiger partial charge on any atom is 0.339 e. The van der Waals surface area contributed by atoms with E-state index in [0.29, 0.717) is 18.1 Å². The van der Waals surface area contributed by atoms with Crippen molar-refractivity contribution in [3.63, 3.8) is 0 Å². The molecule has 0 spiro atoms. The van der Waals surface area contributed by atoms with Crippen LogP contribution in [-0.4, -0.2) is 17.7 Å². The van der Waals surface area contributed by atoms with Crippen LogP contribution in [0.1, 0.15) is 29.6 Å². The summed E-state index contributed by atoms with van der Waals surface area (Å²) in [4.78, 5) is 11.0. The number of hydrogen-bond acceptors (Lipinski definition) is 3. The van der Waals surface area contributed by atoms with Gasteiger partial charge in [0, 0.05) is 16.9 Å². The van der Waals surface area contributed by atoms with Gasteiger partial charge in [-0.25, -0.2) is 4.79 Å². The molecule has 0 bridgehead atoms. The maximum atomic E-state index is 11.0. The molecule has 1 aromatic carbocycles. The summed E-state index contributed by atoms with van der Waals surface area (Å²) in [5.41, 5.74) is -0.000475. The third-order valence-corrected chi connectivity index (χ3v) is 3.35. The van der Waals surface area contributed by atoms with E-state index in [1.165, 1.54) is 18.2 Å². The molecule has 0 unspecified atom stereocenters. The number of rotatable bonds is 5. The van der Waals surface area contributed by atoms with Crippen LogP contribution in [-0.2, 0) is 0 Å². The lowest BCUT2D eigenvalue weighted by molar-refractivity contribution is 0.0691. The second kappa shape index (κ2) is 4.87. The molecule has 0 saturated heterocycles. The Labute approximate surface area is 110 Å². The van der Waals surface area contributed by atoms with E-state index in [2.05, 4.69) is 6.07 Å². The highest BCUT2D eigenvalue weighted by Gasteiger charge is 2.43. The third-order valence-electron chi connectivity index (χ3n) is 3.12. The SMILES string of the molecule is N#CCC1(COc2cc(Cl)ccc2C(=O)O)CC1. The number of carbonyl (C=O) groups is 1. The fourth-order valence-electron chi connectivity index (χ4n) is 1.74. The summed E-state index contributed by atoms with van der Waals surface area (Å²) in [5, 5.41) is 18.2. The fraction of sp³-hybridized carbons (Fsp3) is 0.385. The largest absolute Gasteiger partial charge is 0.492 e. The molecule has 0 heterocycles. The van der Waals surface area contributed by atoms with Crippen LogP contribution >= 0.6 is 11.6 Å². The molecule has 0 aromatic heterocycles. The number of aromatic carboxylic acids is 1. The molecule has 0 amide bonds. The van der Waals surface area contributed by atoms with Crippen LogP contribution in [0.4, 0.5) is 0 Å². The lowest BCUT2D eigenvalue weighted by Crippen LogP contribution is -2.14. The van der Waals surface area contributed by atoms with E-state index in [9.17, 15) is 4.79 Å². The number of benzene rings is 1. The maximum absolute atomic E-state index is 11.0. The Kier molecular flexibility index (Phi) is 3.44. The first-order chi connectivity index (χ1) is 8.56. The summed E-state index contributed by atoms with van der Waals surface area (Å²) in [6.45, 7) is 0.362. The monoisotopic (exact) mass is 265 g/mol. The molecule has 1 aromatic rings. The van der Waals surface area contributed by atoms with E-state index in [1.807, 2.05) is 0 Å². The Morgan fingerprint density at radius 1 is 1.56 bits per heavy atom. The highest BCUT2D eigenvalue weighted by Crippen LogP contribution is 2.48. The minimum Gasteiger partial charge on any atom is -0.492 e. The van der Waals surface area contributed by atoms with Crippen molar-refractivity contribution >= 4 is 17.6 Å². The van der Waals surface area contributed by atoms with Crippen molar-refractivity contribution in [3.05, 3.63) is 28.8 Å². The van der Waals surface area contributed by atoms with Crippen molar-refractivity contribution in [2.24, 2.45) is 5.41 Å². The van der Waals surface area contributed by atoms with Crippen LogP contribution in [0, 0.1) is 16.7 Å². The zero-order chi connectivity index (χ0) is 13.2. The quantitative estimate of drug-likeness (QED) is 0.888. The zero-order valence-corrected chi connectivity index (χ0v) is 10.4. The number of hydrogen-bond donors (Lipinski definition) is 1. The van der Waals surface area contributed by atoms with Gasteiger partial charge in [0.15, 0.2) is 0 Å². The van der Waals surface area contributed by atoms with Crippen molar-refractivity contribution in [1.29, 1.82) is 5.26 Å².